The van der Waals surface area contributed by atoms with Crippen LogP contribution in [0, 0.1) is 17.8 Å². The highest BCUT2D eigenvalue weighted by Crippen LogP contribution is 2.44. The van der Waals surface area contributed by atoms with Gasteiger partial charge in [-0.2, -0.15) is 0 Å². The minimum atomic E-state index is 0.847. The van der Waals surface area contributed by atoms with Crippen molar-refractivity contribution in [2.45, 2.75) is 70.6 Å². The van der Waals surface area contributed by atoms with E-state index in [-0.39, 0.29) is 0 Å². The standard InChI is InChI=1S/C20H30/c1-2-16-8-10-18(11-9-16)20-14-12-19(13-15-20)17-6-4-3-5-7-17/h3-7,16,18-20H,2,8-15H2,1H3/t16-,18-,19?,20?. The molecule has 2 aliphatic carbocycles. The molecule has 2 aliphatic rings. The molecule has 2 saturated carbocycles. The molecule has 0 heterocycles. The molecular formula is C20H30. The molecule has 0 aliphatic heterocycles. The van der Waals surface area contributed by atoms with E-state index in [2.05, 4.69) is 37.3 Å². The number of benzene rings is 1. The first kappa shape index (κ1) is 14.2. The van der Waals surface area contributed by atoms with Crippen molar-refractivity contribution in [3.8, 4) is 0 Å². The fraction of sp³-hybridized carbons (Fsp3) is 0.700. The van der Waals surface area contributed by atoms with E-state index in [9.17, 15) is 0 Å². The predicted molar refractivity (Wildman–Crippen MR) is 86.9 cm³/mol. The van der Waals surface area contributed by atoms with E-state index in [4.69, 9.17) is 0 Å². The molecule has 0 bridgehead atoms. The summed E-state index contributed by atoms with van der Waals surface area (Å²) in [5.74, 6) is 4.01. The van der Waals surface area contributed by atoms with Crippen LogP contribution in [0.3, 0.4) is 0 Å². The summed E-state index contributed by atoms with van der Waals surface area (Å²) >= 11 is 0. The van der Waals surface area contributed by atoms with Crippen LogP contribution in [0.15, 0.2) is 30.3 Å². The zero-order valence-electron chi connectivity index (χ0n) is 13.1. The Labute approximate surface area is 125 Å². The summed E-state index contributed by atoms with van der Waals surface area (Å²) in [5.41, 5.74) is 1.58. The first-order valence-corrected chi connectivity index (χ1v) is 8.91. The molecule has 0 heteroatoms. The van der Waals surface area contributed by atoms with E-state index >= 15 is 0 Å². The van der Waals surface area contributed by atoms with Gasteiger partial charge in [-0.05, 0) is 67.8 Å². The highest BCUT2D eigenvalue weighted by Gasteiger charge is 2.30. The molecule has 0 saturated heterocycles. The first-order chi connectivity index (χ1) is 9.86. The van der Waals surface area contributed by atoms with Crippen LogP contribution in [-0.2, 0) is 0 Å². The maximum Gasteiger partial charge on any atom is -0.0162 e. The van der Waals surface area contributed by atoms with Crippen molar-refractivity contribution in [1.82, 2.24) is 0 Å². The Hall–Kier alpha value is -0.780. The SMILES string of the molecule is CC[C@H]1CC[C@H](C2CCC(c3ccccc3)CC2)CC1. The Balaban J connectivity index is 1.49. The molecule has 1 aromatic carbocycles. The lowest BCUT2D eigenvalue weighted by molar-refractivity contribution is 0.158. The van der Waals surface area contributed by atoms with Gasteiger partial charge in [0.05, 0.1) is 0 Å². The quantitative estimate of drug-likeness (QED) is 0.615. The summed E-state index contributed by atoms with van der Waals surface area (Å²) < 4.78 is 0. The lowest BCUT2D eigenvalue weighted by atomic mass is 9.68. The minimum Gasteiger partial charge on any atom is -0.0651 e. The van der Waals surface area contributed by atoms with Crippen molar-refractivity contribution >= 4 is 0 Å². The van der Waals surface area contributed by atoms with Crippen LogP contribution in [0.1, 0.15) is 76.2 Å². The van der Waals surface area contributed by atoms with Crippen molar-refractivity contribution in [3.05, 3.63) is 35.9 Å². The Morgan fingerprint density at radius 3 is 1.85 bits per heavy atom. The number of rotatable bonds is 3. The second-order valence-corrected chi connectivity index (χ2v) is 7.21. The summed E-state index contributed by atoms with van der Waals surface area (Å²) in [4.78, 5) is 0. The van der Waals surface area contributed by atoms with Gasteiger partial charge in [0, 0.05) is 0 Å². The largest absolute Gasteiger partial charge is 0.0651 e. The summed E-state index contributed by atoms with van der Waals surface area (Å²) in [5, 5.41) is 0. The lowest BCUT2D eigenvalue weighted by Gasteiger charge is -2.37. The third kappa shape index (κ3) is 3.27. The van der Waals surface area contributed by atoms with E-state index < -0.39 is 0 Å². The summed E-state index contributed by atoms with van der Waals surface area (Å²) in [6.45, 7) is 2.37. The smallest absolute Gasteiger partial charge is 0.0162 e. The Bertz CT molecular complexity index is 378. The molecule has 0 nitrogen and oxygen atoms in total. The molecule has 20 heavy (non-hydrogen) atoms. The molecule has 110 valence electrons. The molecule has 0 atom stereocenters. The van der Waals surface area contributed by atoms with Gasteiger partial charge in [0.2, 0.25) is 0 Å². The fourth-order valence-corrected chi connectivity index (χ4v) is 4.72. The molecule has 0 spiro atoms. The Morgan fingerprint density at radius 1 is 0.750 bits per heavy atom. The topological polar surface area (TPSA) is 0 Å². The normalized spacial score (nSPS) is 34.9. The molecule has 0 unspecified atom stereocenters. The van der Waals surface area contributed by atoms with Crippen molar-refractivity contribution < 1.29 is 0 Å². The number of hydrogen-bond donors (Lipinski definition) is 0. The maximum atomic E-state index is 2.37. The highest BCUT2D eigenvalue weighted by molar-refractivity contribution is 5.19. The van der Waals surface area contributed by atoms with Crippen molar-refractivity contribution in [2.75, 3.05) is 0 Å². The van der Waals surface area contributed by atoms with E-state index in [1.807, 2.05) is 0 Å². The van der Waals surface area contributed by atoms with Gasteiger partial charge in [0.15, 0.2) is 0 Å². The zero-order chi connectivity index (χ0) is 13.8. The van der Waals surface area contributed by atoms with Crippen LogP contribution < -0.4 is 0 Å². The molecule has 0 amide bonds. The summed E-state index contributed by atoms with van der Waals surface area (Å²) in [7, 11) is 0. The summed E-state index contributed by atoms with van der Waals surface area (Å²) in [6, 6.07) is 11.2. The van der Waals surface area contributed by atoms with Gasteiger partial charge in [-0.1, -0.05) is 56.5 Å². The average Bonchev–Trinajstić information content (AvgIpc) is 2.56. The fourth-order valence-electron chi connectivity index (χ4n) is 4.72. The van der Waals surface area contributed by atoms with Crippen LogP contribution in [0.25, 0.3) is 0 Å². The van der Waals surface area contributed by atoms with Gasteiger partial charge in [-0.15, -0.1) is 0 Å². The third-order valence-corrected chi connectivity index (χ3v) is 6.18. The van der Waals surface area contributed by atoms with Crippen LogP contribution in [-0.4, -0.2) is 0 Å². The van der Waals surface area contributed by atoms with Crippen LogP contribution in [0.5, 0.6) is 0 Å². The molecule has 0 radical (unpaired) electrons. The van der Waals surface area contributed by atoms with Crippen LogP contribution >= 0.6 is 0 Å². The molecule has 1 aromatic rings. The highest BCUT2D eigenvalue weighted by atomic mass is 14.4. The third-order valence-electron chi connectivity index (χ3n) is 6.18. The van der Waals surface area contributed by atoms with Crippen molar-refractivity contribution in [2.24, 2.45) is 17.8 Å². The van der Waals surface area contributed by atoms with Gasteiger partial charge in [-0.25, -0.2) is 0 Å². The first-order valence-electron chi connectivity index (χ1n) is 8.91. The second kappa shape index (κ2) is 6.78. The van der Waals surface area contributed by atoms with Gasteiger partial charge in [-0.3, -0.25) is 0 Å². The Morgan fingerprint density at radius 2 is 1.30 bits per heavy atom. The number of hydrogen-bond acceptors (Lipinski definition) is 0. The van der Waals surface area contributed by atoms with Gasteiger partial charge in [0.25, 0.3) is 0 Å². The van der Waals surface area contributed by atoms with E-state index in [1.165, 1.54) is 57.8 Å². The molecular weight excluding hydrogens is 240 g/mol. The van der Waals surface area contributed by atoms with Crippen LogP contribution in [0.2, 0.25) is 0 Å². The average molecular weight is 270 g/mol. The van der Waals surface area contributed by atoms with Crippen molar-refractivity contribution in [1.29, 1.82) is 0 Å². The lowest BCUT2D eigenvalue weighted by Crippen LogP contribution is -2.25. The van der Waals surface area contributed by atoms with Gasteiger partial charge >= 0.3 is 0 Å². The van der Waals surface area contributed by atoms with Gasteiger partial charge < -0.3 is 0 Å². The van der Waals surface area contributed by atoms with E-state index in [0.29, 0.717) is 0 Å². The molecule has 3 rings (SSSR count). The Kier molecular flexibility index (Phi) is 4.81. The summed E-state index contributed by atoms with van der Waals surface area (Å²) in [6.07, 6.45) is 13.3. The predicted octanol–water partition coefficient (Wildman–Crippen LogP) is 6.18. The molecule has 2 fully saturated rings. The van der Waals surface area contributed by atoms with E-state index in [1.54, 1.807) is 5.56 Å². The molecule has 0 aromatic heterocycles. The van der Waals surface area contributed by atoms with E-state index in [0.717, 1.165) is 23.7 Å². The maximum absolute atomic E-state index is 2.37. The second-order valence-electron chi connectivity index (χ2n) is 7.21. The minimum absolute atomic E-state index is 0.847. The van der Waals surface area contributed by atoms with Gasteiger partial charge in [0.1, 0.15) is 0 Å². The zero-order valence-corrected chi connectivity index (χ0v) is 13.1. The monoisotopic (exact) mass is 270 g/mol. The molecule has 0 N–H and O–H groups in total. The van der Waals surface area contributed by atoms with Crippen molar-refractivity contribution in [3.63, 3.8) is 0 Å². The van der Waals surface area contributed by atoms with Crippen LogP contribution in [0.4, 0.5) is 0 Å².